The van der Waals surface area contributed by atoms with Gasteiger partial charge in [-0.05, 0) is 28.4 Å². The molecule has 1 aromatic rings. The largest absolute Gasteiger partial charge is 0.309 e. The molecule has 1 aromatic heterocycles. The van der Waals surface area contributed by atoms with Crippen LogP contribution in [0.3, 0.4) is 0 Å². The van der Waals surface area contributed by atoms with Crippen LogP contribution in [0.15, 0.2) is 28.1 Å². The number of carbonyl (C=O) groups excluding carboxylic acids is 1. The SMILES string of the molecule is CC(C(=O)Nc1cnc(Br)cn1)=C1CNC1. The van der Waals surface area contributed by atoms with Crippen LogP contribution in [0, 0.1) is 0 Å². The van der Waals surface area contributed by atoms with E-state index in [1.54, 1.807) is 6.20 Å². The zero-order valence-corrected chi connectivity index (χ0v) is 10.3. The quantitative estimate of drug-likeness (QED) is 0.798. The lowest BCUT2D eigenvalue weighted by Crippen LogP contribution is -2.36. The lowest BCUT2D eigenvalue weighted by molar-refractivity contribution is -0.112. The average molecular weight is 283 g/mol. The van der Waals surface area contributed by atoms with Crippen molar-refractivity contribution in [3.8, 4) is 0 Å². The smallest absolute Gasteiger partial charge is 0.252 e. The second-order valence-corrected chi connectivity index (χ2v) is 4.32. The maximum atomic E-state index is 11.8. The molecular formula is C10H11BrN4O. The predicted octanol–water partition coefficient (Wildman–Crippen LogP) is 1.10. The van der Waals surface area contributed by atoms with E-state index in [2.05, 4.69) is 36.5 Å². The first-order chi connectivity index (χ1) is 7.66. The minimum Gasteiger partial charge on any atom is -0.309 e. The molecule has 1 amide bonds. The van der Waals surface area contributed by atoms with E-state index in [1.807, 2.05) is 6.92 Å². The molecular weight excluding hydrogens is 272 g/mol. The molecule has 1 aliphatic rings. The number of nitrogens with zero attached hydrogens (tertiary/aromatic N) is 2. The fraction of sp³-hybridized carbons (Fsp3) is 0.300. The highest BCUT2D eigenvalue weighted by Gasteiger charge is 2.16. The number of aromatic nitrogens is 2. The van der Waals surface area contributed by atoms with Crippen LogP contribution in [0.2, 0.25) is 0 Å². The number of hydrogen-bond donors (Lipinski definition) is 2. The number of rotatable bonds is 2. The van der Waals surface area contributed by atoms with E-state index in [0.717, 1.165) is 24.2 Å². The molecule has 0 unspecified atom stereocenters. The Kier molecular flexibility index (Phi) is 3.31. The van der Waals surface area contributed by atoms with E-state index >= 15 is 0 Å². The van der Waals surface area contributed by atoms with Crippen molar-refractivity contribution >= 4 is 27.7 Å². The zero-order valence-electron chi connectivity index (χ0n) is 8.75. The molecule has 0 atom stereocenters. The monoisotopic (exact) mass is 282 g/mol. The fourth-order valence-corrected chi connectivity index (χ4v) is 1.47. The van der Waals surface area contributed by atoms with Gasteiger partial charge in [0.1, 0.15) is 4.60 Å². The highest BCUT2D eigenvalue weighted by molar-refractivity contribution is 9.10. The molecule has 6 heteroatoms. The topological polar surface area (TPSA) is 66.9 Å². The second-order valence-electron chi connectivity index (χ2n) is 3.51. The Bertz CT molecular complexity index is 435. The molecule has 0 aromatic carbocycles. The van der Waals surface area contributed by atoms with Crippen molar-refractivity contribution in [3.05, 3.63) is 28.1 Å². The molecule has 0 aliphatic carbocycles. The maximum Gasteiger partial charge on any atom is 0.252 e. The van der Waals surface area contributed by atoms with Gasteiger partial charge in [-0.1, -0.05) is 0 Å². The fourth-order valence-electron chi connectivity index (χ4n) is 1.26. The summed E-state index contributed by atoms with van der Waals surface area (Å²) >= 11 is 3.18. The van der Waals surface area contributed by atoms with E-state index < -0.39 is 0 Å². The van der Waals surface area contributed by atoms with Crippen molar-refractivity contribution in [2.75, 3.05) is 18.4 Å². The summed E-state index contributed by atoms with van der Waals surface area (Å²) < 4.78 is 0.642. The maximum absolute atomic E-state index is 11.8. The minimum atomic E-state index is -0.117. The molecule has 0 bridgehead atoms. The molecule has 5 nitrogen and oxygen atoms in total. The highest BCUT2D eigenvalue weighted by Crippen LogP contribution is 2.12. The Morgan fingerprint density at radius 1 is 1.44 bits per heavy atom. The summed E-state index contributed by atoms with van der Waals surface area (Å²) in [5, 5.41) is 5.80. The lowest BCUT2D eigenvalue weighted by atomic mass is 10.0. The van der Waals surface area contributed by atoms with Gasteiger partial charge in [0.15, 0.2) is 5.82 Å². The molecule has 16 heavy (non-hydrogen) atoms. The van der Waals surface area contributed by atoms with Gasteiger partial charge in [-0.25, -0.2) is 9.97 Å². The van der Waals surface area contributed by atoms with Crippen LogP contribution in [0.5, 0.6) is 0 Å². The van der Waals surface area contributed by atoms with Gasteiger partial charge < -0.3 is 10.6 Å². The summed E-state index contributed by atoms with van der Waals surface area (Å²) in [4.78, 5) is 19.8. The summed E-state index contributed by atoms with van der Waals surface area (Å²) in [6.45, 7) is 3.41. The van der Waals surface area contributed by atoms with Gasteiger partial charge in [0.05, 0.1) is 12.4 Å². The van der Waals surface area contributed by atoms with E-state index in [4.69, 9.17) is 0 Å². The van der Waals surface area contributed by atoms with E-state index in [0.29, 0.717) is 10.4 Å². The third-order valence-electron chi connectivity index (χ3n) is 2.41. The van der Waals surface area contributed by atoms with Crippen molar-refractivity contribution in [3.63, 3.8) is 0 Å². The van der Waals surface area contributed by atoms with Crippen molar-refractivity contribution < 1.29 is 4.79 Å². The van der Waals surface area contributed by atoms with Crippen molar-refractivity contribution in [1.82, 2.24) is 15.3 Å². The zero-order chi connectivity index (χ0) is 11.5. The molecule has 0 radical (unpaired) electrons. The van der Waals surface area contributed by atoms with Crippen molar-refractivity contribution in [1.29, 1.82) is 0 Å². The van der Waals surface area contributed by atoms with Crippen LogP contribution in [0.1, 0.15) is 6.92 Å². The Balaban J connectivity index is 2.04. The third-order valence-corrected chi connectivity index (χ3v) is 2.82. The van der Waals surface area contributed by atoms with Crippen LogP contribution in [0.25, 0.3) is 0 Å². The van der Waals surface area contributed by atoms with Crippen molar-refractivity contribution in [2.24, 2.45) is 0 Å². The van der Waals surface area contributed by atoms with Crippen LogP contribution < -0.4 is 10.6 Å². The number of amides is 1. The van der Waals surface area contributed by atoms with Crippen LogP contribution in [-0.2, 0) is 4.79 Å². The lowest BCUT2D eigenvalue weighted by Gasteiger charge is -2.21. The average Bonchev–Trinajstić information content (AvgIpc) is 2.19. The normalized spacial score (nSPS) is 14.2. The summed E-state index contributed by atoms with van der Waals surface area (Å²) in [5.41, 5.74) is 1.89. The summed E-state index contributed by atoms with van der Waals surface area (Å²) in [6.07, 6.45) is 3.06. The van der Waals surface area contributed by atoms with Gasteiger partial charge in [0.25, 0.3) is 5.91 Å². The van der Waals surface area contributed by atoms with Crippen LogP contribution >= 0.6 is 15.9 Å². The first-order valence-corrected chi connectivity index (χ1v) is 5.64. The van der Waals surface area contributed by atoms with Gasteiger partial charge >= 0.3 is 0 Å². The van der Waals surface area contributed by atoms with Gasteiger partial charge in [-0.3, -0.25) is 4.79 Å². The molecule has 0 saturated carbocycles. The second kappa shape index (κ2) is 4.71. The minimum absolute atomic E-state index is 0.117. The molecule has 2 N–H and O–H groups in total. The molecule has 1 fully saturated rings. The number of halogens is 1. The molecule has 1 saturated heterocycles. The number of carbonyl (C=O) groups is 1. The number of anilines is 1. The van der Waals surface area contributed by atoms with Gasteiger partial charge in [-0.15, -0.1) is 0 Å². The number of nitrogens with one attached hydrogen (secondary N) is 2. The van der Waals surface area contributed by atoms with E-state index in [-0.39, 0.29) is 5.91 Å². The van der Waals surface area contributed by atoms with Gasteiger partial charge in [-0.2, -0.15) is 0 Å². The molecule has 2 rings (SSSR count). The standard InChI is InChI=1S/C10H11BrN4O/c1-6(7-2-12-3-7)10(16)15-9-5-13-8(11)4-14-9/h4-5,12H,2-3H2,1H3,(H,14,15,16). The van der Waals surface area contributed by atoms with Crippen LogP contribution in [0.4, 0.5) is 5.82 Å². The van der Waals surface area contributed by atoms with Gasteiger partial charge in [0.2, 0.25) is 0 Å². The first kappa shape index (κ1) is 11.2. The first-order valence-electron chi connectivity index (χ1n) is 4.85. The van der Waals surface area contributed by atoms with E-state index in [1.165, 1.54) is 6.20 Å². The van der Waals surface area contributed by atoms with E-state index in [9.17, 15) is 4.79 Å². The van der Waals surface area contributed by atoms with Gasteiger partial charge in [0, 0.05) is 18.7 Å². The summed E-state index contributed by atoms with van der Waals surface area (Å²) in [6, 6.07) is 0. The molecule has 2 heterocycles. The Hall–Kier alpha value is -1.27. The number of hydrogen-bond acceptors (Lipinski definition) is 4. The summed E-state index contributed by atoms with van der Waals surface area (Å²) in [7, 11) is 0. The Morgan fingerprint density at radius 2 is 2.19 bits per heavy atom. The highest BCUT2D eigenvalue weighted by atomic mass is 79.9. The Morgan fingerprint density at radius 3 is 2.69 bits per heavy atom. The van der Waals surface area contributed by atoms with Crippen molar-refractivity contribution in [2.45, 2.75) is 6.92 Å². The van der Waals surface area contributed by atoms with Crippen LogP contribution in [-0.4, -0.2) is 29.0 Å². The predicted molar refractivity (Wildman–Crippen MR) is 63.9 cm³/mol. The Labute approximate surface area is 101 Å². The third kappa shape index (κ3) is 2.45. The summed E-state index contributed by atoms with van der Waals surface area (Å²) in [5.74, 6) is 0.341. The molecule has 84 valence electrons. The molecule has 0 spiro atoms. The molecule has 1 aliphatic heterocycles.